The minimum Gasteiger partial charge on any atom is -0.455 e. The fourth-order valence-corrected chi connectivity index (χ4v) is 3.22. The lowest BCUT2D eigenvalue weighted by Gasteiger charge is -2.17. The van der Waals surface area contributed by atoms with Crippen LogP contribution in [0.3, 0.4) is 0 Å². The first-order chi connectivity index (χ1) is 13.4. The lowest BCUT2D eigenvalue weighted by atomic mass is 10.1. The van der Waals surface area contributed by atoms with Crippen LogP contribution in [0.1, 0.15) is 24.9 Å². The molecule has 1 heterocycles. The predicted octanol–water partition coefficient (Wildman–Crippen LogP) is 3.11. The Morgan fingerprint density at radius 2 is 1.86 bits per heavy atom. The molecule has 0 spiro atoms. The summed E-state index contributed by atoms with van der Waals surface area (Å²) in [5.74, 6) is -1.69. The summed E-state index contributed by atoms with van der Waals surface area (Å²) in [7, 11) is 0. The van der Waals surface area contributed by atoms with E-state index >= 15 is 0 Å². The smallest absolute Gasteiger partial charge is 0.311 e. The second-order valence-electron chi connectivity index (χ2n) is 6.69. The second kappa shape index (κ2) is 8.89. The Morgan fingerprint density at radius 3 is 2.54 bits per heavy atom. The molecule has 1 aliphatic rings. The largest absolute Gasteiger partial charge is 0.455 e. The van der Waals surface area contributed by atoms with Gasteiger partial charge in [0, 0.05) is 23.7 Å². The van der Waals surface area contributed by atoms with Crippen LogP contribution in [0, 0.1) is 5.92 Å². The fraction of sp³-hybridized carbons (Fsp3) is 0.286. The maximum atomic E-state index is 12.3. The fourth-order valence-electron chi connectivity index (χ4n) is 3.10. The molecule has 2 atom stereocenters. The highest BCUT2D eigenvalue weighted by molar-refractivity contribution is 6.30. The topological polar surface area (TPSA) is 75.7 Å². The predicted molar refractivity (Wildman–Crippen MR) is 106 cm³/mol. The average molecular weight is 401 g/mol. The van der Waals surface area contributed by atoms with Gasteiger partial charge in [-0.2, -0.15) is 0 Å². The third-order valence-electron chi connectivity index (χ3n) is 4.62. The van der Waals surface area contributed by atoms with Crippen LogP contribution < -0.4 is 10.2 Å². The van der Waals surface area contributed by atoms with Crippen LogP contribution in [-0.2, 0) is 19.1 Å². The summed E-state index contributed by atoms with van der Waals surface area (Å²) < 4.78 is 5.13. The minimum atomic E-state index is -0.595. The van der Waals surface area contributed by atoms with E-state index in [1.54, 1.807) is 24.3 Å². The molecular weight excluding hydrogens is 380 g/mol. The number of hydrogen-bond acceptors (Lipinski definition) is 4. The number of anilines is 1. The van der Waals surface area contributed by atoms with Crippen molar-refractivity contribution in [2.45, 2.75) is 19.4 Å². The quantitative estimate of drug-likeness (QED) is 0.756. The molecule has 7 heteroatoms. The van der Waals surface area contributed by atoms with Gasteiger partial charge in [-0.05, 0) is 36.8 Å². The van der Waals surface area contributed by atoms with E-state index in [-0.39, 0.29) is 37.4 Å². The van der Waals surface area contributed by atoms with Gasteiger partial charge in [0.2, 0.25) is 5.91 Å². The number of amides is 2. The minimum absolute atomic E-state index is 0.0590. The Bertz CT molecular complexity index is 854. The Morgan fingerprint density at radius 1 is 1.18 bits per heavy atom. The van der Waals surface area contributed by atoms with E-state index in [9.17, 15) is 14.4 Å². The van der Waals surface area contributed by atoms with Crippen molar-refractivity contribution in [1.29, 1.82) is 0 Å². The molecule has 6 nitrogen and oxygen atoms in total. The van der Waals surface area contributed by atoms with E-state index in [2.05, 4.69) is 5.32 Å². The lowest BCUT2D eigenvalue weighted by Crippen LogP contribution is -2.32. The molecule has 0 aromatic heterocycles. The normalized spacial score (nSPS) is 17.3. The maximum absolute atomic E-state index is 12.3. The second-order valence-corrected chi connectivity index (χ2v) is 7.13. The zero-order valence-electron chi connectivity index (χ0n) is 15.4. The van der Waals surface area contributed by atoms with Crippen molar-refractivity contribution < 1.29 is 19.1 Å². The van der Waals surface area contributed by atoms with Crippen LogP contribution in [0.15, 0.2) is 54.6 Å². The Kier molecular flexibility index (Phi) is 6.31. The Hall–Kier alpha value is -2.86. The molecule has 1 fully saturated rings. The molecule has 1 N–H and O–H groups in total. The van der Waals surface area contributed by atoms with Crippen LogP contribution in [-0.4, -0.2) is 30.9 Å². The van der Waals surface area contributed by atoms with E-state index in [1.807, 2.05) is 37.3 Å². The molecule has 2 amide bonds. The molecule has 3 rings (SSSR count). The van der Waals surface area contributed by atoms with E-state index in [4.69, 9.17) is 16.3 Å². The van der Waals surface area contributed by atoms with Gasteiger partial charge in [0.25, 0.3) is 5.91 Å². The number of halogens is 1. The summed E-state index contributed by atoms with van der Waals surface area (Å²) in [6, 6.07) is 16.1. The van der Waals surface area contributed by atoms with Gasteiger partial charge in [-0.25, -0.2) is 0 Å². The molecule has 0 saturated carbocycles. The van der Waals surface area contributed by atoms with E-state index in [1.165, 1.54) is 4.90 Å². The van der Waals surface area contributed by atoms with Gasteiger partial charge < -0.3 is 15.0 Å². The average Bonchev–Trinajstić information content (AvgIpc) is 3.09. The van der Waals surface area contributed by atoms with Crippen molar-refractivity contribution in [3.05, 3.63) is 65.2 Å². The first kappa shape index (κ1) is 19.9. The first-order valence-corrected chi connectivity index (χ1v) is 9.38. The number of nitrogens with zero attached hydrogens (tertiary/aromatic N) is 1. The third kappa shape index (κ3) is 4.89. The van der Waals surface area contributed by atoms with Crippen molar-refractivity contribution in [1.82, 2.24) is 5.32 Å². The molecular formula is C21H21ClN2O4. The first-order valence-electron chi connectivity index (χ1n) is 9.01. The maximum Gasteiger partial charge on any atom is 0.311 e. The summed E-state index contributed by atoms with van der Waals surface area (Å²) >= 11 is 5.86. The zero-order chi connectivity index (χ0) is 20.1. The number of ether oxygens (including phenoxy) is 1. The molecule has 0 aliphatic carbocycles. The summed E-state index contributed by atoms with van der Waals surface area (Å²) in [6.45, 7) is 1.71. The monoisotopic (exact) mass is 400 g/mol. The summed E-state index contributed by atoms with van der Waals surface area (Å²) in [4.78, 5) is 38.1. The number of carbonyl (C=O) groups is 3. The van der Waals surface area contributed by atoms with E-state index < -0.39 is 11.9 Å². The van der Waals surface area contributed by atoms with Crippen molar-refractivity contribution in [2.24, 2.45) is 5.92 Å². The van der Waals surface area contributed by atoms with Crippen LogP contribution >= 0.6 is 11.6 Å². The molecule has 1 saturated heterocycles. The molecule has 0 radical (unpaired) electrons. The van der Waals surface area contributed by atoms with E-state index in [0.29, 0.717) is 10.7 Å². The van der Waals surface area contributed by atoms with Gasteiger partial charge >= 0.3 is 5.97 Å². The van der Waals surface area contributed by atoms with Crippen LogP contribution in [0.5, 0.6) is 0 Å². The third-order valence-corrected chi connectivity index (χ3v) is 4.87. The standard InChI is InChI=1S/C21H21ClN2O4/c1-14(15-5-3-2-4-6-15)23-19(25)13-28-21(27)16-11-20(26)24(12-16)18-9-7-17(22)8-10-18/h2-10,14,16H,11-13H2,1H3,(H,23,25)/t14-,16-/m1/s1. The lowest BCUT2D eigenvalue weighted by molar-refractivity contribution is -0.152. The van der Waals surface area contributed by atoms with Gasteiger partial charge in [0.1, 0.15) is 0 Å². The highest BCUT2D eigenvalue weighted by Gasteiger charge is 2.36. The van der Waals surface area contributed by atoms with Crippen LogP contribution in [0.25, 0.3) is 0 Å². The molecule has 2 aromatic carbocycles. The Balaban J connectivity index is 1.49. The number of carbonyl (C=O) groups excluding carboxylic acids is 3. The Labute approximate surface area is 168 Å². The van der Waals surface area contributed by atoms with Gasteiger partial charge in [-0.3, -0.25) is 14.4 Å². The summed E-state index contributed by atoms with van der Waals surface area (Å²) in [6.07, 6.45) is 0.0590. The molecule has 28 heavy (non-hydrogen) atoms. The molecule has 1 aliphatic heterocycles. The van der Waals surface area contributed by atoms with E-state index in [0.717, 1.165) is 5.56 Å². The number of benzene rings is 2. The van der Waals surface area contributed by atoms with Crippen molar-refractivity contribution in [3.63, 3.8) is 0 Å². The van der Waals surface area contributed by atoms with Crippen molar-refractivity contribution in [3.8, 4) is 0 Å². The highest BCUT2D eigenvalue weighted by Crippen LogP contribution is 2.27. The molecule has 0 bridgehead atoms. The van der Waals surface area contributed by atoms with Crippen molar-refractivity contribution >= 4 is 35.1 Å². The van der Waals surface area contributed by atoms with Gasteiger partial charge in [-0.15, -0.1) is 0 Å². The number of hydrogen-bond donors (Lipinski definition) is 1. The van der Waals surface area contributed by atoms with Gasteiger partial charge in [-0.1, -0.05) is 41.9 Å². The van der Waals surface area contributed by atoms with Gasteiger partial charge in [0.05, 0.1) is 12.0 Å². The zero-order valence-corrected chi connectivity index (χ0v) is 16.2. The van der Waals surface area contributed by atoms with Crippen LogP contribution in [0.4, 0.5) is 5.69 Å². The molecule has 2 aromatic rings. The number of esters is 1. The summed E-state index contributed by atoms with van der Waals surface area (Å²) in [5, 5.41) is 3.36. The molecule has 146 valence electrons. The SMILES string of the molecule is C[C@@H](NC(=O)COC(=O)[C@@H]1CC(=O)N(c2ccc(Cl)cc2)C1)c1ccccc1. The highest BCUT2D eigenvalue weighted by atomic mass is 35.5. The van der Waals surface area contributed by atoms with Crippen molar-refractivity contribution in [2.75, 3.05) is 18.1 Å². The molecule has 0 unspecified atom stereocenters. The van der Waals surface area contributed by atoms with Gasteiger partial charge in [0.15, 0.2) is 6.61 Å². The summed E-state index contributed by atoms with van der Waals surface area (Å²) in [5.41, 5.74) is 1.64. The number of rotatable bonds is 6. The van der Waals surface area contributed by atoms with Crippen LogP contribution in [0.2, 0.25) is 5.02 Å². The number of nitrogens with one attached hydrogen (secondary N) is 1.